The number of halogens is 1. The van der Waals surface area contributed by atoms with Gasteiger partial charge in [0.2, 0.25) is 0 Å². The fraction of sp³-hybridized carbons (Fsp3) is 0.500. The molecule has 0 aliphatic carbocycles. The van der Waals surface area contributed by atoms with Gasteiger partial charge in [-0.2, -0.15) is 0 Å². The van der Waals surface area contributed by atoms with Gasteiger partial charge < -0.3 is 14.8 Å². The van der Waals surface area contributed by atoms with Gasteiger partial charge in [0.05, 0.1) is 19.2 Å². The molecular weight excluding hydrogens is 274 g/mol. The van der Waals surface area contributed by atoms with Crippen molar-refractivity contribution in [1.29, 1.82) is 0 Å². The average Bonchev–Trinajstić information content (AvgIpc) is 2.34. The van der Waals surface area contributed by atoms with Crippen LogP contribution >= 0.6 is 11.6 Å². The first-order valence-electron chi connectivity index (χ1n) is 6.60. The topological polar surface area (TPSA) is 30.5 Å². The van der Waals surface area contributed by atoms with Gasteiger partial charge >= 0.3 is 0 Å². The van der Waals surface area contributed by atoms with Crippen LogP contribution < -0.4 is 14.8 Å². The van der Waals surface area contributed by atoms with Crippen molar-refractivity contribution in [2.75, 3.05) is 20.8 Å². The van der Waals surface area contributed by atoms with Gasteiger partial charge in [-0.15, -0.1) is 0 Å². The molecule has 0 aliphatic heterocycles. The van der Waals surface area contributed by atoms with E-state index in [9.17, 15) is 0 Å². The summed E-state index contributed by atoms with van der Waals surface area (Å²) < 4.78 is 10.5. The molecule has 4 heteroatoms. The van der Waals surface area contributed by atoms with Crippen molar-refractivity contribution >= 4 is 17.7 Å². The third-order valence-electron chi connectivity index (χ3n) is 2.77. The number of ether oxygens (including phenoxy) is 2. The summed E-state index contributed by atoms with van der Waals surface area (Å²) in [5.74, 6) is 1.21. The van der Waals surface area contributed by atoms with Crippen molar-refractivity contribution in [3.63, 3.8) is 0 Å². The first-order chi connectivity index (χ1) is 9.26. The van der Waals surface area contributed by atoms with Gasteiger partial charge in [0.1, 0.15) is 0 Å². The third kappa shape index (κ3) is 5.06. The van der Waals surface area contributed by atoms with Gasteiger partial charge in [-0.1, -0.05) is 23.3 Å². The summed E-state index contributed by atoms with van der Waals surface area (Å²) in [6, 6.07) is 3.80. The summed E-state index contributed by atoms with van der Waals surface area (Å²) in [6.07, 6.45) is 2.09. The van der Waals surface area contributed by atoms with E-state index in [0.717, 1.165) is 12.1 Å². The Bertz CT molecular complexity index is 490. The lowest BCUT2D eigenvalue weighted by Gasteiger charge is -2.20. The van der Waals surface area contributed by atoms with Crippen molar-refractivity contribution in [3.8, 4) is 11.5 Å². The molecule has 0 unspecified atom stereocenters. The maximum Gasteiger partial charge on any atom is 0.179 e. The van der Waals surface area contributed by atoms with E-state index in [4.69, 9.17) is 21.1 Å². The van der Waals surface area contributed by atoms with Gasteiger partial charge in [0.25, 0.3) is 0 Å². The summed E-state index contributed by atoms with van der Waals surface area (Å²) in [5.41, 5.74) is 2.33. The molecule has 0 bridgehead atoms. The predicted octanol–water partition coefficient (Wildman–Crippen LogP) is 4.15. The molecule has 0 aromatic heterocycles. The van der Waals surface area contributed by atoms with Crippen molar-refractivity contribution in [1.82, 2.24) is 5.32 Å². The van der Waals surface area contributed by atoms with Crippen LogP contribution in [0.15, 0.2) is 17.7 Å². The van der Waals surface area contributed by atoms with Crippen LogP contribution in [0, 0.1) is 0 Å². The zero-order chi connectivity index (χ0) is 15.3. The van der Waals surface area contributed by atoms with Crippen LogP contribution in [-0.2, 0) is 0 Å². The monoisotopic (exact) mass is 297 g/mol. The molecule has 1 rings (SSSR count). The molecule has 0 radical (unpaired) electrons. The van der Waals surface area contributed by atoms with Gasteiger partial charge in [0.15, 0.2) is 11.5 Å². The molecule has 1 N–H and O–H groups in total. The fourth-order valence-corrected chi connectivity index (χ4v) is 2.06. The SMILES string of the molecule is COc1cc(C=C(C)CNC(C)(C)C)cc(Cl)c1OC. The Morgan fingerprint density at radius 2 is 1.90 bits per heavy atom. The standard InChI is InChI=1S/C16H24ClNO2/c1-11(10-18-16(2,3)4)7-12-8-13(17)15(20-6)14(9-12)19-5/h7-9,18H,10H2,1-6H3. The number of rotatable bonds is 5. The van der Waals surface area contributed by atoms with Crippen LogP contribution in [0.4, 0.5) is 0 Å². The Labute approximate surface area is 126 Å². The Morgan fingerprint density at radius 1 is 1.25 bits per heavy atom. The zero-order valence-electron chi connectivity index (χ0n) is 13.1. The number of hydrogen-bond acceptors (Lipinski definition) is 3. The van der Waals surface area contributed by atoms with Crippen LogP contribution in [0.3, 0.4) is 0 Å². The molecule has 1 aromatic rings. The minimum Gasteiger partial charge on any atom is -0.493 e. The summed E-state index contributed by atoms with van der Waals surface area (Å²) >= 11 is 6.20. The molecule has 0 saturated heterocycles. The lowest BCUT2D eigenvalue weighted by molar-refractivity contribution is 0.355. The molecule has 0 spiro atoms. The molecular formula is C16H24ClNO2. The smallest absolute Gasteiger partial charge is 0.179 e. The predicted molar refractivity (Wildman–Crippen MR) is 86.0 cm³/mol. The Balaban J connectivity index is 2.94. The quantitative estimate of drug-likeness (QED) is 0.885. The van der Waals surface area contributed by atoms with Crippen LogP contribution in [0.1, 0.15) is 33.3 Å². The van der Waals surface area contributed by atoms with Crippen molar-refractivity contribution in [2.45, 2.75) is 33.2 Å². The normalized spacial score (nSPS) is 12.4. The Kier molecular flexibility index (Phi) is 5.90. The van der Waals surface area contributed by atoms with Crippen LogP contribution in [-0.4, -0.2) is 26.3 Å². The number of nitrogens with one attached hydrogen (secondary N) is 1. The highest BCUT2D eigenvalue weighted by Crippen LogP contribution is 2.36. The maximum absolute atomic E-state index is 6.20. The van der Waals surface area contributed by atoms with E-state index < -0.39 is 0 Å². The molecule has 0 atom stereocenters. The van der Waals surface area contributed by atoms with Crippen LogP contribution in [0.2, 0.25) is 5.02 Å². The lowest BCUT2D eigenvalue weighted by atomic mass is 10.1. The van der Waals surface area contributed by atoms with E-state index >= 15 is 0 Å². The van der Waals surface area contributed by atoms with Gasteiger partial charge in [-0.3, -0.25) is 0 Å². The Hall–Kier alpha value is -1.19. The molecule has 0 fully saturated rings. The van der Waals surface area contributed by atoms with E-state index in [-0.39, 0.29) is 5.54 Å². The average molecular weight is 298 g/mol. The second-order valence-electron chi connectivity index (χ2n) is 5.83. The minimum atomic E-state index is 0.102. The van der Waals surface area contributed by atoms with E-state index in [1.54, 1.807) is 14.2 Å². The molecule has 0 amide bonds. The second-order valence-corrected chi connectivity index (χ2v) is 6.24. The second kappa shape index (κ2) is 7.00. The van der Waals surface area contributed by atoms with E-state index in [1.807, 2.05) is 12.1 Å². The highest BCUT2D eigenvalue weighted by atomic mass is 35.5. The van der Waals surface area contributed by atoms with E-state index in [0.29, 0.717) is 16.5 Å². The molecule has 0 heterocycles. The van der Waals surface area contributed by atoms with Gasteiger partial charge in [0, 0.05) is 12.1 Å². The summed E-state index contributed by atoms with van der Waals surface area (Å²) in [4.78, 5) is 0. The number of hydrogen-bond donors (Lipinski definition) is 1. The van der Waals surface area contributed by atoms with Gasteiger partial charge in [-0.05, 0) is 45.4 Å². The molecule has 1 aromatic carbocycles. The highest BCUT2D eigenvalue weighted by molar-refractivity contribution is 6.32. The number of benzene rings is 1. The summed E-state index contributed by atoms with van der Waals surface area (Å²) in [6.45, 7) is 9.35. The van der Waals surface area contributed by atoms with Crippen LogP contribution in [0.25, 0.3) is 6.08 Å². The first kappa shape index (κ1) is 16.9. The first-order valence-corrected chi connectivity index (χ1v) is 6.98. The highest BCUT2D eigenvalue weighted by Gasteiger charge is 2.11. The van der Waals surface area contributed by atoms with E-state index in [1.165, 1.54) is 5.57 Å². The van der Waals surface area contributed by atoms with Crippen molar-refractivity contribution < 1.29 is 9.47 Å². The van der Waals surface area contributed by atoms with Crippen molar-refractivity contribution in [2.24, 2.45) is 0 Å². The largest absolute Gasteiger partial charge is 0.493 e. The Morgan fingerprint density at radius 3 is 2.40 bits per heavy atom. The molecule has 3 nitrogen and oxygen atoms in total. The molecule has 20 heavy (non-hydrogen) atoms. The third-order valence-corrected chi connectivity index (χ3v) is 3.05. The number of methoxy groups -OCH3 is 2. The van der Waals surface area contributed by atoms with Crippen molar-refractivity contribution in [3.05, 3.63) is 28.3 Å². The van der Waals surface area contributed by atoms with Crippen LogP contribution in [0.5, 0.6) is 11.5 Å². The fourth-order valence-electron chi connectivity index (χ4n) is 1.76. The lowest BCUT2D eigenvalue weighted by Crippen LogP contribution is -2.36. The zero-order valence-corrected chi connectivity index (χ0v) is 13.9. The molecule has 0 aliphatic rings. The molecule has 112 valence electrons. The summed E-state index contributed by atoms with van der Waals surface area (Å²) in [5, 5.41) is 4.00. The minimum absolute atomic E-state index is 0.102. The maximum atomic E-state index is 6.20. The molecule has 0 saturated carbocycles. The van der Waals surface area contributed by atoms with E-state index in [2.05, 4.69) is 39.1 Å². The summed E-state index contributed by atoms with van der Waals surface area (Å²) in [7, 11) is 3.19. The van der Waals surface area contributed by atoms with Gasteiger partial charge in [-0.25, -0.2) is 0 Å².